The fraction of sp³-hybridized carbons (Fsp3) is 0.455. The molecule has 9 nitrogen and oxygen atoms in total. The minimum absolute atomic E-state index is 0.211. The standard InChI is InChI=1S/C22H25N7O2/c1-31-18-9-13(11-23)8-15(10-18)25-20-19-21(29(12-24-19)16-4-5-16)28-22(27-20)26-14-2-6-17(30)7-3-14/h8-10,12,14,16-17,30H,2-7H2,1H3,(H2,25,26,27,28). The molecule has 3 N–H and O–H groups in total. The van der Waals surface area contributed by atoms with Crippen LogP contribution in [0.15, 0.2) is 24.5 Å². The van der Waals surface area contributed by atoms with Gasteiger partial charge in [0, 0.05) is 23.8 Å². The van der Waals surface area contributed by atoms with E-state index in [1.807, 2.05) is 12.4 Å². The van der Waals surface area contributed by atoms with Gasteiger partial charge < -0.3 is 25.0 Å². The van der Waals surface area contributed by atoms with Crippen molar-refractivity contribution < 1.29 is 9.84 Å². The molecule has 0 atom stereocenters. The van der Waals surface area contributed by atoms with E-state index in [2.05, 4.69) is 26.3 Å². The third kappa shape index (κ3) is 4.11. The molecule has 0 saturated heterocycles. The number of nitriles is 1. The van der Waals surface area contributed by atoms with E-state index in [-0.39, 0.29) is 12.1 Å². The maximum absolute atomic E-state index is 9.79. The fourth-order valence-corrected chi connectivity index (χ4v) is 4.08. The van der Waals surface area contributed by atoms with E-state index in [0.717, 1.165) is 44.2 Å². The molecule has 9 heteroatoms. The average Bonchev–Trinajstić information content (AvgIpc) is 3.54. The number of benzene rings is 1. The van der Waals surface area contributed by atoms with Crippen LogP contribution in [0.1, 0.15) is 50.1 Å². The summed E-state index contributed by atoms with van der Waals surface area (Å²) in [4.78, 5) is 14.1. The minimum Gasteiger partial charge on any atom is -0.497 e. The van der Waals surface area contributed by atoms with E-state index in [9.17, 15) is 10.4 Å². The Morgan fingerprint density at radius 2 is 1.94 bits per heavy atom. The topological polar surface area (TPSA) is 121 Å². The SMILES string of the molecule is COc1cc(C#N)cc(Nc2nc(NC3CCC(O)CC3)nc3c2ncn3C2CC2)c1. The van der Waals surface area contributed by atoms with Crippen molar-refractivity contribution in [1.82, 2.24) is 19.5 Å². The molecule has 2 aliphatic rings. The zero-order valence-corrected chi connectivity index (χ0v) is 17.4. The molecule has 0 unspecified atom stereocenters. The van der Waals surface area contributed by atoms with Gasteiger partial charge >= 0.3 is 0 Å². The van der Waals surface area contributed by atoms with Crippen molar-refractivity contribution >= 4 is 28.6 Å². The summed E-state index contributed by atoms with van der Waals surface area (Å²) in [6, 6.07) is 8.09. The van der Waals surface area contributed by atoms with Crippen LogP contribution < -0.4 is 15.4 Å². The Balaban J connectivity index is 1.51. The van der Waals surface area contributed by atoms with Gasteiger partial charge in [0.05, 0.1) is 31.2 Å². The summed E-state index contributed by atoms with van der Waals surface area (Å²) in [5.41, 5.74) is 2.68. The highest BCUT2D eigenvalue weighted by Gasteiger charge is 2.27. The monoisotopic (exact) mass is 419 g/mol. The quantitative estimate of drug-likeness (QED) is 0.555. The molecule has 5 rings (SSSR count). The second-order valence-electron chi connectivity index (χ2n) is 8.29. The average molecular weight is 419 g/mol. The number of imidazole rings is 1. The van der Waals surface area contributed by atoms with Crippen molar-refractivity contribution in [3.63, 3.8) is 0 Å². The lowest BCUT2D eigenvalue weighted by atomic mass is 9.93. The molecular weight excluding hydrogens is 394 g/mol. The van der Waals surface area contributed by atoms with Gasteiger partial charge in [0.1, 0.15) is 5.75 Å². The van der Waals surface area contributed by atoms with Crippen LogP contribution in [0, 0.1) is 11.3 Å². The Labute approximate surface area is 180 Å². The van der Waals surface area contributed by atoms with Crippen LogP contribution in [0.5, 0.6) is 5.75 Å². The summed E-state index contributed by atoms with van der Waals surface area (Å²) < 4.78 is 7.44. The predicted octanol–water partition coefficient (Wildman–Crippen LogP) is 3.50. The smallest absolute Gasteiger partial charge is 0.227 e. The summed E-state index contributed by atoms with van der Waals surface area (Å²) in [5.74, 6) is 1.72. The normalized spacial score (nSPS) is 20.9. The molecule has 0 aliphatic heterocycles. The van der Waals surface area contributed by atoms with Gasteiger partial charge in [-0.15, -0.1) is 0 Å². The number of hydrogen-bond acceptors (Lipinski definition) is 8. The van der Waals surface area contributed by atoms with Crippen LogP contribution in [-0.4, -0.2) is 43.9 Å². The molecule has 0 spiro atoms. The molecule has 31 heavy (non-hydrogen) atoms. The van der Waals surface area contributed by atoms with Gasteiger partial charge in [0.15, 0.2) is 17.0 Å². The van der Waals surface area contributed by atoms with Crippen LogP contribution in [0.2, 0.25) is 0 Å². The lowest BCUT2D eigenvalue weighted by molar-refractivity contribution is 0.126. The fourth-order valence-electron chi connectivity index (χ4n) is 4.08. The maximum Gasteiger partial charge on any atom is 0.227 e. The molecule has 0 bridgehead atoms. The summed E-state index contributed by atoms with van der Waals surface area (Å²) in [6.07, 6.45) is 7.21. The number of rotatable bonds is 6. The zero-order chi connectivity index (χ0) is 21.4. The second kappa shape index (κ2) is 8.04. The third-order valence-electron chi connectivity index (χ3n) is 5.93. The number of aliphatic hydroxyl groups is 1. The molecule has 3 aromatic rings. The van der Waals surface area contributed by atoms with Gasteiger partial charge in [-0.3, -0.25) is 0 Å². The summed E-state index contributed by atoms with van der Waals surface area (Å²) in [5, 5.41) is 25.9. The highest BCUT2D eigenvalue weighted by Crippen LogP contribution is 2.38. The van der Waals surface area contributed by atoms with Crippen LogP contribution in [0.25, 0.3) is 11.2 Å². The molecule has 2 aliphatic carbocycles. The molecule has 2 fully saturated rings. The van der Waals surface area contributed by atoms with Gasteiger partial charge in [-0.1, -0.05) is 0 Å². The first-order valence-electron chi connectivity index (χ1n) is 10.7. The van der Waals surface area contributed by atoms with E-state index >= 15 is 0 Å². The number of nitrogens with zero attached hydrogens (tertiary/aromatic N) is 5. The van der Waals surface area contributed by atoms with Crippen LogP contribution in [-0.2, 0) is 0 Å². The lowest BCUT2D eigenvalue weighted by Gasteiger charge is -2.26. The van der Waals surface area contributed by atoms with Gasteiger partial charge in [-0.25, -0.2) is 4.98 Å². The summed E-state index contributed by atoms with van der Waals surface area (Å²) in [6.45, 7) is 0. The largest absolute Gasteiger partial charge is 0.497 e. The van der Waals surface area contributed by atoms with E-state index < -0.39 is 0 Å². The highest BCUT2D eigenvalue weighted by molar-refractivity contribution is 5.87. The number of fused-ring (bicyclic) bond motifs is 1. The maximum atomic E-state index is 9.79. The first-order chi connectivity index (χ1) is 15.1. The molecular formula is C22H25N7O2. The predicted molar refractivity (Wildman–Crippen MR) is 116 cm³/mol. The number of nitrogens with one attached hydrogen (secondary N) is 2. The Hall–Kier alpha value is -3.38. The second-order valence-corrected chi connectivity index (χ2v) is 8.29. The lowest BCUT2D eigenvalue weighted by Crippen LogP contribution is -2.29. The number of aromatic nitrogens is 4. The van der Waals surface area contributed by atoms with Crippen molar-refractivity contribution in [1.29, 1.82) is 5.26 Å². The Kier molecular flexibility index (Phi) is 5.08. The summed E-state index contributed by atoms with van der Waals surface area (Å²) >= 11 is 0. The van der Waals surface area contributed by atoms with Gasteiger partial charge in [0.2, 0.25) is 5.95 Å². The van der Waals surface area contributed by atoms with E-state index in [4.69, 9.17) is 14.7 Å². The Bertz CT molecular complexity index is 1140. The van der Waals surface area contributed by atoms with Crippen LogP contribution >= 0.6 is 0 Å². The molecule has 0 amide bonds. The summed E-state index contributed by atoms with van der Waals surface area (Å²) in [7, 11) is 1.57. The first-order valence-corrected chi connectivity index (χ1v) is 10.7. The van der Waals surface area contributed by atoms with Crippen molar-refractivity contribution in [2.24, 2.45) is 0 Å². The third-order valence-corrected chi connectivity index (χ3v) is 5.93. The van der Waals surface area contributed by atoms with Crippen LogP contribution in [0.4, 0.5) is 17.5 Å². The van der Waals surface area contributed by atoms with Gasteiger partial charge in [0.25, 0.3) is 0 Å². The number of ether oxygens (including phenoxy) is 1. The van der Waals surface area contributed by atoms with Gasteiger partial charge in [-0.2, -0.15) is 15.2 Å². The number of methoxy groups -OCH3 is 1. The number of anilines is 3. The van der Waals surface area contributed by atoms with Crippen LogP contribution in [0.3, 0.4) is 0 Å². The zero-order valence-electron chi connectivity index (χ0n) is 17.4. The van der Waals surface area contributed by atoms with E-state index in [1.165, 1.54) is 0 Å². The van der Waals surface area contributed by atoms with Crippen molar-refractivity contribution in [2.75, 3.05) is 17.7 Å². The van der Waals surface area contributed by atoms with Crippen molar-refractivity contribution in [2.45, 2.75) is 56.7 Å². The molecule has 2 aromatic heterocycles. The molecule has 0 radical (unpaired) electrons. The molecule has 2 saturated carbocycles. The Morgan fingerprint density at radius 3 is 2.65 bits per heavy atom. The highest BCUT2D eigenvalue weighted by atomic mass is 16.5. The number of hydrogen-bond donors (Lipinski definition) is 3. The first kappa shape index (κ1) is 19.6. The minimum atomic E-state index is -0.211. The molecule has 160 valence electrons. The van der Waals surface area contributed by atoms with Gasteiger partial charge in [-0.05, 0) is 50.7 Å². The van der Waals surface area contributed by atoms with Crippen molar-refractivity contribution in [3.8, 4) is 11.8 Å². The molecule has 1 aromatic carbocycles. The molecule has 2 heterocycles. The van der Waals surface area contributed by atoms with E-state index in [0.29, 0.717) is 40.3 Å². The number of aliphatic hydroxyl groups excluding tert-OH is 1. The Morgan fingerprint density at radius 1 is 1.13 bits per heavy atom. The van der Waals surface area contributed by atoms with E-state index in [1.54, 1.807) is 19.2 Å². The van der Waals surface area contributed by atoms with Crippen molar-refractivity contribution in [3.05, 3.63) is 30.1 Å².